The number of aromatic amines is 2. The largest absolute Gasteiger partial charge is 0.431 e. The van der Waals surface area contributed by atoms with Crippen molar-refractivity contribution in [1.82, 2.24) is 35.1 Å². The van der Waals surface area contributed by atoms with E-state index < -0.39 is 12.2 Å². The van der Waals surface area contributed by atoms with Crippen LogP contribution in [0.2, 0.25) is 0 Å². The Bertz CT molecular complexity index is 4100. The van der Waals surface area contributed by atoms with Crippen molar-refractivity contribution in [1.29, 1.82) is 0 Å². The number of hydrogen-bond donors (Lipinski definition) is 4. The fraction of sp³-hybridized carbons (Fsp3) is 0.135. The maximum atomic E-state index is 9.94. The first-order valence-electron chi connectivity index (χ1n) is 29.3. The van der Waals surface area contributed by atoms with E-state index in [1.807, 2.05) is 96.7 Å². The minimum absolute atomic E-state index is 0.305. The number of aliphatic hydroxyl groups excluding tert-OH is 1. The van der Waals surface area contributed by atoms with E-state index >= 15 is 0 Å². The van der Waals surface area contributed by atoms with Crippen LogP contribution in [0.25, 0.3) is 56.7 Å². The molecule has 12 aromatic rings. The molecule has 4 N–H and O–H groups in total. The number of nitrogens with one attached hydrogen (secondary N) is 2. The molecule has 0 spiro atoms. The molecule has 0 aliphatic carbocycles. The smallest absolute Gasteiger partial charge is 0.257 e. The van der Waals surface area contributed by atoms with E-state index in [0.717, 1.165) is 94.1 Å². The van der Waals surface area contributed by atoms with Crippen molar-refractivity contribution in [3.05, 3.63) is 289 Å². The Kier molecular flexibility index (Phi) is 26.7. The Morgan fingerprint density at radius 2 is 1.12 bits per heavy atom. The number of aromatic nitrogens is 7. The van der Waals surface area contributed by atoms with Crippen LogP contribution >= 0.6 is 70.1 Å². The van der Waals surface area contributed by atoms with Crippen molar-refractivity contribution >= 4 is 138 Å². The number of oxazole rings is 1. The van der Waals surface area contributed by atoms with E-state index in [1.54, 1.807) is 53.5 Å². The molecule has 0 radical (unpaired) electrons. The van der Waals surface area contributed by atoms with Crippen molar-refractivity contribution in [3.63, 3.8) is 0 Å². The van der Waals surface area contributed by atoms with Gasteiger partial charge in [-0.25, -0.2) is 29.8 Å². The Balaban J connectivity index is 0.000000136. The first-order valence-corrected chi connectivity index (χ1v) is 35.1. The molecule has 2 atom stereocenters. The van der Waals surface area contributed by atoms with Gasteiger partial charge in [-0.05, 0) is 105 Å². The molecule has 8 aromatic carbocycles. The summed E-state index contributed by atoms with van der Waals surface area (Å²) >= 11 is 10.1. The molecule has 13 rings (SSSR count). The van der Waals surface area contributed by atoms with Crippen LogP contribution in [-0.2, 0) is 34.3 Å². The number of benzene rings is 8. The summed E-state index contributed by atoms with van der Waals surface area (Å²) in [6, 6.07) is 65.9. The highest BCUT2D eigenvalue weighted by Crippen LogP contribution is 2.33. The zero-order valence-electron chi connectivity index (χ0n) is 50.8. The molecule has 18 heteroatoms. The molecule has 0 amide bonds. The third-order valence-corrected chi connectivity index (χ3v) is 20.0. The van der Waals surface area contributed by atoms with Crippen LogP contribution in [0, 0.1) is 0 Å². The fourth-order valence-electron chi connectivity index (χ4n) is 8.71. The third kappa shape index (κ3) is 21.4. The molecule has 0 bridgehead atoms. The van der Waals surface area contributed by atoms with Gasteiger partial charge < -0.3 is 14.5 Å². The molecule has 5 heterocycles. The molecular formula is C74H70N8O4S6. The van der Waals surface area contributed by atoms with Gasteiger partial charge in [0, 0.05) is 41.6 Å². The maximum Gasteiger partial charge on any atom is 0.257 e. The minimum Gasteiger partial charge on any atom is -0.431 e. The number of fused-ring (bicyclic) bond motifs is 4. The summed E-state index contributed by atoms with van der Waals surface area (Å²) < 4.78 is 8.06. The lowest BCUT2D eigenvalue weighted by molar-refractivity contribution is -0.272. The monoisotopic (exact) mass is 1330 g/mol. The summed E-state index contributed by atoms with van der Waals surface area (Å²) in [5, 5.41) is 28.8. The number of H-pyrrole nitrogens is 2. The summed E-state index contributed by atoms with van der Waals surface area (Å²) in [4.78, 5) is 29.7. The fourth-order valence-corrected chi connectivity index (χ4v) is 14.0. The van der Waals surface area contributed by atoms with Crippen molar-refractivity contribution in [3.8, 4) is 0 Å². The van der Waals surface area contributed by atoms with E-state index in [9.17, 15) is 5.11 Å². The topological polar surface area (TPSA) is 171 Å². The van der Waals surface area contributed by atoms with Gasteiger partial charge in [0.2, 0.25) is 0 Å². The van der Waals surface area contributed by atoms with E-state index in [1.165, 1.54) is 61.2 Å². The van der Waals surface area contributed by atoms with Gasteiger partial charge >= 0.3 is 0 Å². The highest BCUT2D eigenvalue weighted by molar-refractivity contribution is 8.13. The van der Waals surface area contributed by atoms with Crippen molar-refractivity contribution in [2.45, 2.75) is 74.9 Å². The molecule has 1 aliphatic rings. The van der Waals surface area contributed by atoms with Gasteiger partial charge in [-0.1, -0.05) is 256 Å². The van der Waals surface area contributed by atoms with Crippen LogP contribution < -0.4 is 0 Å². The average Bonchev–Trinajstić information content (AvgIpc) is 2.13. The number of imidazole rings is 1. The highest BCUT2D eigenvalue weighted by atomic mass is 32.2. The number of aliphatic hydroxyl groups is 1. The average molecular weight is 1330 g/mol. The predicted octanol–water partition coefficient (Wildman–Crippen LogP) is 20.4. The molecule has 92 heavy (non-hydrogen) atoms. The van der Waals surface area contributed by atoms with Gasteiger partial charge in [-0.15, -0.1) is 23.1 Å². The maximum absolute atomic E-state index is 9.94. The molecular weight excluding hydrogens is 1260 g/mol. The molecule has 4 aromatic heterocycles. The Morgan fingerprint density at radius 1 is 0.587 bits per heavy atom. The summed E-state index contributed by atoms with van der Waals surface area (Å²) in [7, 11) is 0. The van der Waals surface area contributed by atoms with Gasteiger partial charge in [0.15, 0.2) is 20.2 Å². The number of nitrogens with zero attached hydrogens (tertiary/aromatic N) is 6. The van der Waals surface area contributed by atoms with E-state index in [4.69, 9.17) is 9.67 Å². The van der Waals surface area contributed by atoms with Crippen molar-refractivity contribution in [2.24, 2.45) is 4.99 Å². The number of thioether (sulfide) groups is 5. The van der Waals surface area contributed by atoms with Crippen LogP contribution in [0.3, 0.4) is 0 Å². The summed E-state index contributed by atoms with van der Waals surface area (Å²) in [6.45, 7) is 20.5. The number of aliphatic imine (C=N–C) groups is 1. The van der Waals surface area contributed by atoms with Gasteiger partial charge in [-0.2, -0.15) is 5.10 Å². The third-order valence-electron chi connectivity index (χ3n) is 13.8. The van der Waals surface area contributed by atoms with Gasteiger partial charge in [-0.3, -0.25) is 10.4 Å². The quantitative estimate of drug-likeness (QED) is 0.0219. The zero-order chi connectivity index (χ0) is 64.3. The second kappa shape index (κ2) is 36.1. The van der Waals surface area contributed by atoms with Crippen LogP contribution in [0.4, 0.5) is 5.69 Å². The lowest BCUT2D eigenvalue weighted by Gasteiger charge is -2.16. The Morgan fingerprint density at radius 3 is 1.66 bits per heavy atom. The summed E-state index contributed by atoms with van der Waals surface area (Å²) in [6.07, 6.45) is 9.07. The van der Waals surface area contributed by atoms with Crippen molar-refractivity contribution in [2.75, 3.05) is 5.75 Å². The zero-order valence-corrected chi connectivity index (χ0v) is 55.7. The number of para-hydroxylation sites is 6. The molecule has 12 nitrogen and oxygen atoms in total. The van der Waals surface area contributed by atoms with E-state index in [2.05, 4.69) is 211 Å². The Labute approximate surface area is 562 Å². The molecule has 466 valence electrons. The number of hydrogen-bond acceptors (Lipinski definition) is 16. The normalized spacial score (nSPS) is 11.9. The van der Waals surface area contributed by atoms with Gasteiger partial charge in [0.1, 0.15) is 17.9 Å². The molecule has 0 saturated carbocycles. The minimum atomic E-state index is -0.609. The van der Waals surface area contributed by atoms with E-state index in [0.29, 0.717) is 23.0 Å². The molecule has 1 aliphatic heterocycles. The molecule has 2 unspecified atom stereocenters. The van der Waals surface area contributed by atoms with Crippen LogP contribution in [0.5, 0.6) is 0 Å². The summed E-state index contributed by atoms with van der Waals surface area (Å²) in [5.41, 5.74) is 17.6. The van der Waals surface area contributed by atoms with E-state index in [-0.39, 0.29) is 0 Å². The van der Waals surface area contributed by atoms with Crippen LogP contribution in [0.15, 0.2) is 268 Å². The highest BCUT2D eigenvalue weighted by Gasteiger charge is 2.18. The first-order chi connectivity index (χ1) is 45.0. The van der Waals surface area contributed by atoms with Crippen molar-refractivity contribution < 1.29 is 19.7 Å². The second-order valence-corrected chi connectivity index (χ2v) is 26.8. The number of rotatable bonds is 22. The van der Waals surface area contributed by atoms with Gasteiger partial charge in [0.05, 0.1) is 38.1 Å². The predicted molar refractivity (Wildman–Crippen MR) is 393 cm³/mol. The van der Waals surface area contributed by atoms with Crippen LogP contribution in [0.1, 0.15) is 63.4 Å². The SMILES string of the molecule is C=C(C)C(CC(O)CSc1nc2ccccc2[nH]1)OO.C=Cc1ccc(CSC2=Nc3ccccc3C2)cc1.C=Cc1ccc(CSc2nc3ccccc3o2)cc1.C=Cc1ccc(CSc2nc3ccccc3s2)cc1.C=Cc1ccc(CSc2ncn[nH]2)cc1. The summed E-state index contributed by atoms with van der Waals surface area (Å²) in [5.74, 6) is 4.14. The molecule has 0 saturated heterocycles. The van der Waals surface area contributed by atoms with Crippen LogP contribution in [-0.4, -0.2) is 68.5 Å². The van der Waals surface area contributed by atoms with Gasteiger partial charge in [0.25, 0.3) is 5.22 Å². The first kappa shape index (κ1) is 68.1. The number of thiazole rings is 1. The lowest BCUT2D eigenvalue weighted by Crippen LogP contribution is -2.22. The Hall–Kier alpha value is -8.27. The molecule has 0 fully saturated rings. The standard InChI is InChI=1S/C17H15NS.C16H13NOS.C16H13NS2.C14H18N2O3S.C11H11N3S/c1-2-13-7-9-14(10-8-13)12-19-17-11-15-5-3-4-6-16(15)18-17;1-2-12-7-9-13(10-8-12)11-19-16-17-14-5-3-4-6-15(14)18-16;1-2-12-7-9-13(10-8-12)11-18-16-17-14-5-3-4-6-15(14)19-16;1-9(2)13(19-18)7-10(17)8-20-14-15-11-5-3-4-6-12(11)16-14;1-2-9-3-5-10(6-4-9)7-15-11-12-8-13-14-11/h2-10H,1,11-12H2;2*2-10H,1,11H2;3-6,10,13,17-18H,1,7-8H2,2H3,(H,15,16);2-6,8H,1,7H2,(H,12,13,14). The second-order valence-electron chi connectivity index (χ2n) is 20.6. The lowest BCUT2D eigenvalue weighted by atomic mass is 10.1.